The van der Waals surface area contributed by atoms with Crippen LogP contribution in [-0.2, 0) is 6.54 Å². The van der Waals surface area contributed by atoms with Crippen LogP contribution in [0.15, 0.2) is 18.3 Å². The van der Waals surface area contributed by atoms with Crippen LogP contribution in [0.3, 0.4) is 0 Å². The molecule has 18 heavy (non-hydrogen) atoms. The molecule has 0 unspecified atom stereocenters. The summed E-state index contributed by atoms with van der Waals surface area (Å²) in [6, 6.07) is 4.75. The van der Waals surface area contributed by atoms with Crippen molar-refractivity contribution in [3.8, 4) is 0 Å². The van der Waals surface area contributed by atoms with Crippen LogP contribution in [0, 0.1) is 5.41 Å². The molecule has 0 fully saturated rings. The molecule has 0 bridgehead atoms. The molecule has 3 heteroatoms. The highest BCUT2D eigenvalue weighted by Gasteiger charge is 2.14. The van der Waals surface area contributed by atoms with Gasteiger partial charge in [-0.3, -0.25) is 0 Å². The largest absolute Gasteiger partial charge is 0.359 e. The van der Waals surface area contributed by atoms with Gasteiger partial charge in [-0.15, -0.1) is 0 Å². The lowest BCUT2D eigenvalue weighted by Crippen LogP contribution is -2.30. The average Bonchev–Trinajstić information content (AvgIpc) is 2.24. The number of pyridine rings is 1. The van der Waals surface area contributed by atoms with Crippen molar-refractivity contribution in [2.24, 2.45) is 5.41 Å². The second kappa shape index (κ2) is 6.19. The number of hydrogen-bond donors (Lipinski definition) is 1. The summed E-state index contributed by atoms with van der Waals surface area (Å²) in [6.07, 6.45) is 1.89. The lowest BCUT2D eigenvalue weighted by atomic mass is 9.96. The van der Waals surface area contributed by atoms with Gasteiger partial charge in [0.2, 0.25) is 0 Å². The zero-order chi connectivity index (χ0) is 13.8. The molecule has 0 amide bonds. The van der Waals surface area contributed by atoms with Gasteiger partial charge >= 0.3 is 0 Å². The van der Waals surface area contributed by atoms with Crippen molar-refractivity contribution in [1.82, 2.24) is 10.3 Å². The minimum Gasteiger partial charge on any atom is -0.359 e. The lowest BCUT2D eigenvalue weighted by molar-refractivity contribution is 0.418. The van der Waals surface area contributed by atoms with E-state index in [-0.39, 0.29) is 5.41 Å². The summed E-state index contributed by atoms with van der Waals surface area (Å²) in [5.74, 6) is 1.05. The van der Waals surface area contributed by atoms with Crippen LogP contribution < -0.4 is 10.2 Å². The third-order valence-electron chi connectivity index (χ3n) is 2.63. The first-order valence-corrected chi connectivity index (χ1v) is 6.67. The van der Waals surface area contributed by atoms with E-state index in [0.29, 0.717) is 6.04 Å². The molecule has 0 saturated heterocycles. The molecule has 1 aromatic rings. The molecule has 1 aromatic heterocycles. The number of rotatable bonds is 5. The summed E-state index contributed by atoms with van der Waals surface area (Å²) < 4.78 is 0. The highest BCUT2D eigenvalue weighted by atomic mass is 15.2. The highest BCUT2D eigenvalue weighted by molar-refractivity contribution is 5.40. The van der Waals surface area contributed by atoms with E-state index in [0.717, 1.165) is 18.9 Å². The standard InChI is InChI=1S/C15H27N3/c1-12(2)17-10-13-7-8-16-14(9-13)18(6)11-15(3,4)5/h7-9,12,17H,10-11H2,1-6H3. The number of aromatic nitrogens is 1. The SMILES string of the molecule is CC(C)NCc1ccnc(N(C)CC(C)(C)C)c1. The Morgan fingerprint density at radius 3 is 2.56 bits per heavy atom. The van der Waals surface area contributed by atoms with E-state index >= 15 is 0 Å². The molecule has 0 aliphatic carbocycles. The summed E-state index contributed by atoms with van der Waals surface area (Å²) in [6.45, 7) is 13.0. The molecule has 0 spiro atoms. The lowest BCUT2D eigenvalue weighted by Gasteiger charge is -2.27. The maximum atomic E-state index is 4.45. The summed E-state index contributed by atoms with van der Waals surface area (Å²) in [5, 5.41) is 3.43. The quantitative estimate of drug-likeness (QED) is 0.869. The maximum Gasteiger partial charge on any atom is 0.128 e. The summed E-state index contributed by atoms with van der Waals surface area (Å²) in [5.41, 5.74) is 1.57. The van der Waals surface area contributed by atoms with Crippen LogP contribution in [0.4, 0.5) is 5.82 Å². The zero-order valence-electron chi connectivity index (χ0n) is 12.6. The van der Waals surface area contributed by atoms with E-state index in [2.05, 4.69) is 69.0 Å². The smallest absolute Gasteiger partial charge is 0.128 e. The second-order valence-corrected chi connectivity index (χ2v) is 6.47. The fraction of sp³-hybridized carbons (Fsp3) is 0.667. The Morgan fingerprint density at radius 2 is 2.00 bits per heavy atom. The van der Waals surface area contributed by atoms with Gasteiger partial charge in [-0.05, 0) is 23.1 Å². The highest BCUT2D eigenvalue weighted by Crippen LogP contribution is 2.19. The van der Waals surface area contributed by atoms with Crippen LogP contribution >= 0.6 is 0 Å². The van der Waals surface area contributed by atoms with Gasteiger partial charge in [0.1, 0.15) is 5.82 Å². The molecule has 1 N–H and O–H groups in total. The third-order valence-corrected chi connectivity index (χ3v) is 2.63. The van der Waals surface area contributed by atoms with Gasteiger partial charge in [0.25, 0.3) is 0 Å². The minimum atomic E-state index is 0.280. The molecule has 0 aliphatic heterocycles. The Labute approximate surface area is 112 Å². The van der Waals surface area contributed by atoms with Crippen molar-refractivity contribution in [3.05, 3.63) is 23.9 Å². The summed E-state index contributed by atoms with van der Waals surface area (Å²) in [7, 11) is 2.10. The Morgan fingerprint density at radius 1 is 1.33 bits per heavy atom. The molecule has 1 rings (SSSR count). The Hall–Kier alpha value is -1.09. The summed E-state index contributed by atoms with van der Waals surface area (Å²) >= 11 is 0. The Kier molecular flexibility index (Phi) is 5.15. The molecule has 0 aromatic carbocycles. The Bertz CT molecular complexity index is 366. The molecule has 0 atom stereocenters. The van der Waals surface area contributed by atoms with E-state index in [1.54, 1.807) is 0 Å². The first-order chi connectivity index (χ1) is 8.28. The summed E-state index contributed by atoms with van der Waals surface area (Å²) in [4.78, 5) is 6.67. The van der Waals surface area contributed by atoms with Gasteiger partial charge in [0.15, 0.2) is 0 Å². The second-order valence-electron chi connectivity index (χ2n) is 6.47. The molecular weight excluding hydrogens is 222 g/mol. The maximum absolute atomic E-state index is 4.45. The van der Waals surface area contributed by atoms with Crippen LogP contribution in [0.5, 0.6) is 0 Å². The molecular formula is C15H27N3. The zero-order valence-corrected chi connectivity index (χ0v) is 12.6. The average molecular weight is 249 g/mol. The fourth-order valence-corrected chi connectivity index (χ4v) is 1.89. The van der Waals surface area contributed by atoms with Crippen molar-refractivity contribution < 1.29 is 0 Å². The van der Waals surface area contributed by atoms with Crippen LogP contribution in [0.1, 0.15) is 40.2 Å². The molecule has 0 radical (unpaired) electrons. The van der Waals surface area contributed by atoms with Gasteiger partial charge < -0.3 is 10.2 Å². The van der Waals surface area contributed by atoms with Crippen molar-refractivity contribution in [3.63, 3.8) is 0 Å². The fourth-order valence-electron chi connectivity index (χ4n) is 1.89. The molecule has 1 heterocycles. The third kappa shape index (κ3) is 5.50. The van der Waals surface area contributed by atoms with E-state index in [9.17, 15) is 0 Å². The Balaban J connectivity index is 2.69. The van der Waals surface area contributed by atoms with Gasteiger partial charge in [-0.2, -0.15) is 0 Å². The topological polar surface area (TPSA) is 28.2 Å². The van der Waals surface area contributed by atoms with Crippen molar-refractivity contribution >= 4 is 5.82 Å². The first kappa shape index (κ1) is 15.0. The number of anilines is 1. The number of hydrogen-bond acceptors (Lipinski definition) is 3. The normalized spacial score (nSPS) is 11.9. The van der Waals surface area contributed by atoms with Crippen molar-refractivity contribution in [2.75, 3.05) is 18.5 Å². The van der Waals surface area contributed by atoms with E-state index in [1.165, 1.54) is 5.56 Å². The monoisotopic (exact) mass is 249 g/mol. The van der Waals surface area contributed by atoms with Gasteiger partial charge in [-0.1, -0.05) is 34.6 Å². The van der Waals surface area contributed by atoms with Crippen LogP contribution in [0.2, 0.25) is 0 Å². The van der Waals surface area contributed by atoms with E-state index in [1.807, 2.05) is 6.20 Å². The van der Waals surface area contributed by atoms with Crippen molar-refractivity contribution in [2.45, 2.75) is 47.2 Å². The predicted molar refractivity (Wildman–Crippen MR) is 78.9 cm³/mol. The molecule has 102 valence electrons. The van der Waals surface area contributed by atoms with Crippen LogP contribution in [-0.4, -0.2) is 24.6 Å². The van der Waals surface area contributed by atoms with E-state index in [4.69, 9.17) is 0 Å². The molecule has 0 aliphatic rings. The minimum absolute atomic E-state index is 0.280. The van der Waals surface area contributed by atoms with E-state index < -0.39 is 0 Å². The predicted octanol–water partition coefficient (Wildman–Crippen LogP) is 3.06. The van der Waals surface area contributed by atoms with Crippen LogP contribution in [0.25, 0.3) is 0 Å². The number of nitrogens with zero attached hydrogens (tertiary/aromatic N) is 2. The van der Waals surface area contributed by atoms with Gasteiger partial charge in [0, 0.05) is 32.4 Å². The molecule has 0 saturated carbocycles. The van der Waals surface area contributed by atoms with Gasteiger partial charge in [-0.25, -0.2) is 4.98 Å². The first-order valence-electron chi connectivity index (χ1n) is 6.67. The number of nitrogens with one attached hydrogen (secondary N) is 1. The molecule has 3 nitrogen and oxygen atoms in total. The van der Waals surface area contributed by atoms with Crippen molar-refractivity contribution in [1.29, 1.82) is 0 Å². The van der Waals surface area contributed by atoms with Gasteiger partial charge in [0.05, 0.1) is 0 Å².